The number of nitrogens with zero attached hydrogens (tertiary/aromatic N) is 1. The van der Waals surface area contributed by atoms with Gasteiger partial charge in [0.1, 0.15) is 19.8 Å². The van der Waals surface area contributed by atoms with Crippen LogP contribution in [0.4, 0.5) is 0 Å². The van der Waals surface area contributed by atoms with Crippen LogP contribution in [-0.4, -0.2) is 62.3 Å². The Morgan fingerprint density at radius 3 is 1.55 bits per heavy atom. The predicted octanol–water partition coefficient (Wildman–Crippen LogP) is 7.82. The first-order chi connectivity index (χ1) is 22.4. The first-order valence-corrected chi connectivity index (χ1v) is 19.1. The van der Waals surface area contributed by atoms with E-state index < -0.39 is 10.8 Å². The van der Waals surface area contributed by atoms with Gasteiger partial charge in [0.25, 0.3) is 0 Å². The van der Waals surface area contributed by atoms with Gasteiger partial charge in [-0.25, -0.2) is 0 Å². The highest BCUT2D eigenvalue weighted by Gasteiger charge is 2.50. The van der Waals surface area contributed by atoms with Crippen LogP contribution in [0.2, 0.25) is 0 Å². The van der Waals surface area contributed by atoms with Crippen molar-refractivity contribution < 1.29 is 28.6 Å². The molecule has 0 saturated heterocycles. The lowest BCUT2D eigenvalue weighted by Gasteiger charge is -2.48. The monoisotopic (exact) mass is 651 g/mol. The molecule has 4 fully saturated rings. The second-order valence-corrected chi connectivity index (χ2v) is 17.5. The Kier molecular flexibility index (Phi) is 10.6. The first-order valence-electron chi connectivity index (χ1n) is 19.1. The molecule has 0 radical (unpaired) electrons. The molecule has 0 N–H and O–H groups in total. The summed E-state index contributed by atoms with van der Waals surface area (Å²) in [5.41, 5.74) is 1.37. The lowest BCUT2D eigenvalue weighted by Crippen LogP contribution is -2.46. The lowest BCUT2D eigenvalue weighted by molar-refractivity contribution is -0.165. The fraction of sp³-hybridized carbons (Fsp3) is 0.825. The molecule has 262 valence electrons. The summed E-state index contributed by atoms with van der Waals surface area (Å²) in [6, 6.07) is 0. The van der Waals surface area contributed by atoms with Crippen LogP contribution in [-0.2, 0) is 28.6 Å². The molecule has 6 unspecified atom stereocenters. The van der Waals surface area contributed by atoms with E-state index in [0.29, 0.717) is 49.2 Å². The molecule has 0 aliphatic heterocycles. The maximum Gasteiger partial charge on any atom is 0.315 e. The molecule has 7 nitrogen and oxygen atoms in total. The van der Waals surface area contributed by atoms with E-state index in [0.717, 1.165) is 57.8 Å². The van der Waals surface area contributed by atoms with Gasteiger partial charge in [-0.15, -0.1) is 0 Å². The summed E-state index contributed by atoms with van der Waals surface area (Å²) in [6.07, 6.45) is 20.6. The highest BCUT2D eigenvalue weighted by molar-refractivity contribution is 5.80. The molecular formula is C40H61NO6. The second-order valence-electron chi connectivity index (χ2n) is 17.5. The molecule has 6 bridgehead atoms. The zero-order chi connectivity index (χ0) is 33.2. The minimum absolute atomic E-state index is 0.0361. The summed E-state index contributed by atoms with van der Waals surface area (Å²) >= 11 is 0. The Hall–Kier alpha value is -2.15. The zero-order valence-electron chi connectivity index (χ0n) is 29.8. The fourth-order valence-corrected chi connectivity index (χ4v) is 11.1. The molecule has 47 heavy (non-hydrogen) atoms. The Labute approximate surface area is 283 Å². The van der Waals surface area contributed by atoms with Crippen LogP contribution in [0.3, 0.4) is 0 Å². The van der Waals surface area contributed by atoms with Gasteiger partial charge in [-0.2, -0.15) is 0 Å². The summed E-state index contributed by atoms with van der Waals surface area (Å²) < 4.78 is 17.9. The molecular weight excluding hydrogens is 590 g/mol. The standard InChI is InChI=1S/C40H61NO6/c1-28-17-34-18-29(2)22-40(21-28,27-34)37(44)47-16-13-41(11-14-45-35(42)38(3)23-30-7-5-8-31(19-30)24-38)12-15-46-36(43)39(4)25-32-9-6-10-33(20-32)26-39/h23,25,28-29,31,33-34H,5-22,24,26-27H2,1-4H3. The molecule has 4 saturated carbocycles. The number of ether oxygens (including phenoxy) is 3. The van der Waals surface area contributed by atoms with Gasteiger partial charge >= 0.3 is 17.9 Å². The third-order valence-corrected chi connectivity index (χ3v) is 12.7. The van der Waals surface area contributed by atoms with E-state index in [1.165, 1.54) is 49.7 Å². The highest BCUT2D eigenvalue weighted by atomic mass is 16.5. The van der Waals surface area contributed by atoms with Gasteiger partial charge in [0.2, 0.25) is 0 Å². The average Bonchev–Trinajstić information content (AvgIpc) is 2.99. The number of esters is 3. The third-order valence-electron chi connectivity index (χ3n) is 12.7. The van der Waals surface area contributed by atoms with Crippen molar-refractivity contribution in [3.05, 3.63) is 23.3 Å². The maximum atomic E-state index is 13.6. The third kappa shape index (κ3) is 8.19. The molecule has 7 heteroatoms. The number of carbonyl (C=O) groups is 3. The van der Waals surface area contributed by atoms with E-state index in [-0.39, 0.29) is 43.1 Å². The number of hydrogen-bond donors (Lipinski definition) is 0. The molecule has 6 aliphatic carbocycles. The summed E-state index contributed by atoms with van der Waals surface area (Å²) in [4.78, 5) is 42.4. The van der Waals surface area contributed by atoms with Crippen LogP contribution in [0.5, 0.6) is 0 Å². The quantitative estimate of drug-likeness (QED) is 0.121. The Morgan fingerprint density at radius 1 is 0.660 bits per heavy atom. The minimum atomic E-state index is -0.553. The number of carbonyl (C=O) groups excluding carboxylic acids is 3. The SMILES string of the molecule is CC1CC2CC(C)CC(C(=O)OCCN(CCOC(=O)C3(C)C=C4CCCC(C4)C3)CCOC(=O)C3(C)C=C4CCCC(C4)C3)(C1)C2. The molecule has 0 spiro atoms. The van der Waals surface area contributed by atoms with Gasteiger partial charge in [0.05, 0.1) is 16.2 Å². The van der Waals surface area contributed by atoms with Gasteiger partial charge in [0.15, 0.2) is 0 Å². The van der Waals surface area contributed by atoms with E-state index in [1.807, 2.05) is 13.8 Å². The molecule has 6 atom stereocenters. The van der Waals surface area contributed by atoms with Crippen molar-refractivity contribution in [2.24, 2.45) is 45.8 Å². The summed E-state index contributed by atoms with van der Waals surface area (Å²) in [7, 11) is 0. The van der Waals surface area contributed by atoms with Gasteiger partial charge in [0, 0.05) is 19.6 Å². The van der Waals surface area contributed by atoms with Crippen LogP contribution < -0.4 is 0 Å². The summed E-state index contributed by atoms with van der Waals surface area (Å²) in [6.45, 7) is 10.9. The van der Waals surface area contributed by atoms with Crippen molar-refractivity contribution in [1.82, 2.24) is 4.90 Å². The van der Waals surface area contributed by atoms with E-state index >= 15 is 0 Å². The highest BCUT2D eigenvalue weighted by Crippen LogP contribution is 2.53. The van der Waals surface area contributed by atoms with Crippen LogP contribution >= 0.6 is 0 Å². The van der Waals surface area contributed by atoms with E-state index in [9.17, 15) is 14.4 Å². The topological polar surface area (TPSA) is 82.1 Å². The Balaban J connectivity index is 1.04. The number of rotatable bonds is 12. The zero-order valence-corrected chi connectivity index (χ0v) is 29.8. The fourth-order valence-electron chi connectivity index (χ4n) is 11.1. The minimum Gasteiger partial charge on any atom is -0.464 e. The Bertz CT molecular complexity index is 1160. The predicted molar refractivity (Wildman–Crippen MR) is 182 cm³/mol. The number of hydrogen-bond acceptors (Lipinski definition) is 7. The van der Waals surface area contributed by atoms with Crippen LogP contribution in [0.15, 0.2) is 23.3 Å². The van der Waals surface area contributed by atoms with Gasteiger partial charge in [-0.05, 0) is 140 Å². The van der Waals surface area contributed by atoms with Gasteiger partial charge in [-0.1, -0.05) is 37.1 Å². The van der Waals surface area contributed by atoms with Crippen molar-refractivity contribution in [3.8, 4) is 0 Å². The molecule has 0 aromatic carbocycles. The summed E-state index contributed by atoms with van der Waals surface area (Å²) in [5, 5.41) is 0. The Morgan fingerprint density at radius 2 is 1.11 bits per heavy atom. The second kappa shape index (κ2) is 14.4. The maximum absolute atomic E-state index is 13.6. The first kappa shape index (κ1) is 34.7. The number of allylic oxidation sites excluding steroid dienone is 2. The van der Waals surface area contributed by atoms with Crippen LogP contribution in [0.1, 0.15) is 124 Å². The van der Waals surface area contributed by atoms with E-state index in [1.54, 1.807) is 0 Å². The average molecular weight is 652 g/mol. The number of fused-ring (bicyclic) bond motifs is 6. The van der Waals surface area contributed by atoms with Gasteiger partial charge in [-0.3, -0.25) is 19.3 Å². The molecule has 0 heterocycles. The molecule has 0 aromatic rings. The van der Waals surface area contributed by atoms with Crippen LogP contribution in [0, 0.1) is 45.8 Å². The van der Waals surface area contributed by atoms with Crippen molar-refractivity contribution >= 4 is 17.9 Å². The normalized spacial score (nSPS) is 37.8. The molecule has 6 rings (SSSR count). The van der Waals surface area contributed by atoms with Crippen molar-refractivity contribution in [3.63, 3.8) is 0 Å². The van der Waals surface area contributed by atoms with Crippen molar-refractivity contribution in [1.29, 1.82) is 0 Å². The molecule has 0 amide bonds. The van der Waals surface area contributed by atoms with E-state index in [4.69, 9.17) is 14.2 Å². The smallest absolute Gasteiger partial charge is 0.315 e. The van der Waals surface area contributed by atoms with E-state index in [2.05, 4.69) is 30.9 Å². The lowest BCUT2D eigenvalue weighted by atomic mass is 9.57. The van der Waals surface area contributed by atoms with Crippen molar-refractivity contribution in [2.45, 2.75) is 124 Å². The summed E-state index contributed by atoms with van der Waals surface area (Å²) in [5.74, 6) is 2.57. The van der Waals surface area contributed by atoms with Gasteiger partial charge < -0.3 is 14.2 Å². The van der Waals surface area contributed by atoms with Crippen molar-refractivity contribution in [2.75, 3.05) is 39.5 Å². The molecule has 6 aliphatic rings. The largest absolute Gasteiger partial charge is 0.464 e. The van der Waals surface area contributed by atoms with Crippen LogP contribution in [0.25, 0.3) is 0 Å². The molecule has 0 aromatic heterocycles.